The lowest BCUT2D eigenvalue weighted by Crippen LogP contribution is -2.25. The second-order valence-corrected chi connectivity index (χ2v) is 5.91. The second kappa shape index (κ2) is 7.14. The van der Waals surface area contributed by atoms with Gasteiger partial charge in [-0.2, -0.15) is 4.98 Å². The minimum absolute atomic E-state index is 0.0382. The third kappa shape index (κ3) is 3.20. The maximum atomic E-state index is 13.7. The molecule has 0 radical (unpaired) electrons. The summed E-state index contributed by atoms with van der Waals surface area (Å²) < 4.78 is 33.9. The highest BCUT2D eigenvalue weighted by Crippen LogP contribution is 2.22. The molecule has 0 aliphatic heterocycles. The van der Waals surface area contributed by atoms with Gasteiger partial charge in [0.1, 0.15) is 11.6 Å². The van der Waals surface area contributed by atoms with Gasteiger partial charge in [-0.1, -0.05) is 12.1 Å². The second-order valence-electron chi connectivity index (χ2n) is 5.91. The molecule has 0 unspecified atom stereocenters. The SMILES string of the molecule is CCc1noc(-c2cccn3c(CNC(=O)c4cc(F)ccc4F)nnc23)n1. The predicted octanol–water partition coefficient (Wildman–Crippen LogP) is 2.55. The molecule has 3 aromatic heterocycles. The van der Waals surface area contributed by atoms with Gasteiger partial charge in [-0.25, -0.2) is 8.78 Å². The van der Waals surface area contributed by atoms with Crippen LogP contribution in [0.5, 0.6) is 0 Å². The van der Waals surface area contributed by atoms with E-state index < -0.39 is 17.5 Å². The van der Waals surface area contributed by atoms with Crippen LogP contribution in [0.25, 0.3) is 17.1 Å². The summed E-state index contributed by atoms with van der Waals surface area (Å²) >= 11 is 0. The minimum atomic E-state index is -0.810. The van der Waals surface area contributed by atoms with Gasteiger partial charge in [-0.15, -0.1) is 10.2 Å². The average Bonchev–Trinajstić information content (AvgIpc) is 3.34. The topological polar surface area (TPSA) is 98.2 Å². The van der Waals surface area contributed by atoms with E-state index in [0.29, 0.717) is 35.2 Å². The number of carbonyl (C=O) groups is 1. The van der Waals surface area contributed by atoms with Gasteiger partial charge < -0.3 is 9.84 Å². The van der Waals surface area contributed by atoms with Crippen LogP contribution in [0.2, 0.25) is 0 Å². The molecule has 3 heterocycles. The van der Waals surface area contributed by atoms with Gasteiger partial charge in [-0.3, -0.25) is 9.20 Å². The van der Waals surface area contributed by atoms with Crippen molar-refractivity contribution in [2.75, 3.05) is 0 Å². The highest BCUT2D eigenvalue weighted by molar-refractivity contribution is 5.94. The van der Waals surface area contributed by atoms with E-state index in [2.05, 4.69) is 25.7 Å². The van der Waals surface area contributed by atoms with E-state index in [0.717, 1.165) is 18.2 Å². The first-order valence-corrected chi connectivity index (χ1v) is 8.45. The number of amides is 1. The highest BCUT2D eigenvalue weighted by Gasteiger charge is 2.17. The monoisotopic (exact) mass is 384 g/mol. The number of fused-ring (bicyclic) bond motifs is 1. The molecule has 0 aliphatic carbocycles. The highest BCUT2D eigenvalue weighted by atomic mass is 19.1. The largest absolute Gasteiger partial charge is 0.345 e. The molecule has 0 bridgehead atoms. The van der Waals surface area contributed by atoms with Crippen LogP contribution in [-0.4, -0.2) is 30.6 Å². The molecule has 4 rings (SSSR count). The summed E-state index contributed by atoms with van der Waals surface area (Å²) in [4.78, 5) is 16.4. The first-order valence-electron chi connectivity index (χ1n) is 8.45. The van der Waals surface area contributed by atoms with E-state index in [4.69, 9.17) is 4.52 Å². The van der Waals surface area contributed by atoms with Gasteiger partial charge >= 0.3 is 0 Å². The number of halogens is 2. The molecular formula is C18H14F2N6O2. The van der Waals surface area contributed by atoms with E-state index in [9.17, 15) is 13.6 Å². The van der Waals surface area contributed by atoms with Crippen molar-refractivity contribution in [3.63, 3.8) is 0 Å². The van der Waals surface area contributed by atoms with Crippen LogP contribution >= 0.6 is 0 Å². The Morgan fingerprint density at radius 1 is 1.25 bits per heavy atom. The molecule has 4 aromatic rings. The van der Waals surface area contributed by atoms with Crippen molar-refractivity contribution >= 4 is 11.6 Å². The minimum Gasteiger partial charge on any atom is -0.345 e. The number of benzene rings is 1. The van der Waals surface area contributed by atoms with Crippen LogP contribution in [0.1, 0.15) is 28.9 Å². The molecule has 1 amide bonds. The van der Waals surface area contributed by atoms with Gasteiger partial charge in [0, 0.05) is 12.6 Å². The normalized spacial score (nSPS) is 11.1. The Balaban J connectivity index is 1.59. The molecule has 1 N–H and O–H groups in total. The molecule has 10 heteroatoms. The number of nitrogens with one attached hydrogen (secondary N) is 1. The number of nitrogens with zero attached hydrogens (tertiary/aromatic N) is 5. The zero-order valence-corrected chi connectivity index (χ0v) is 14.7. The number of aromatic nitrogens is 5. The summed E-state index contributed by atoms with van der Waals surface area (Å²) in [6, 6.07) is 6.20. The third-order valence-electron chi connectivity index (χ3n) is 4.10. The van der Waals surface area contributed by atoms with Crippen molar-refractivity contribution in [3.05, 3.63) is 65.4 Å². The van der Waals surface area contributed by atoms with Crippen LogP contribution in [0.4, 0.5) is 8.78 Å². The molecule has 8 nitrogen and oxygen atoms in total. The molecule has 0 atom stereocenters. The maximum absolute atomic E-state index is 13.7. The quantitative estimate of drug-likeness (QED) is 0.568. The Morgan fingerprint density at radius 2 is 2.11 bits per heavy atom. The number of carbonyl (C=O) groups excluding carboxylic acids is 1. The molecule has 0 spiro atoms. The average molecular weight is 384 g/mol. The summed E-state index contributed by atoms with van der Waals surface area (Å²) in [6.45, 7) is 1.87. The standard InChI is InChI=1S/C18H14F2N6O2/c1-2-14-22-18(28-25-14)11-4-3-7-26-15(23-24-16(11)26)9-21-17(27)12-8-10(19)5-6-13(12)20/h3-8H,2,9H2,1H3,(H,21,27). The van der Waals surface area contributed by atoms with E-state index >= 15 is 0 Å². The molecule has 0 fully saturated rings. The van der Waals surface area contributed by atoms with E-state index in [-0.39, 0.29) is 12.1 Å². The number of hydrogen-bond donors (Lipinski definition) is 1. The number of hydrogen-bond acceptors (Lipinski definition) is 6. The Labute approximate surface area is 157 Å². The van der Waals surface area contributed by atoms with Crippen LogP contribution in [0.15, 0.2) is 41.1 Å². The Kier molecular flexibility index (Phi) is 4.52. The van der Waals surface area contributed by atoms with Gasteiger partial charge in [0.15, 0.2) is 17.3 Å². The fraction of sp³-hybridized carbons (Fsp3) is 0.167. The summed E-state index contributed by atoms with van der Waals surface area (Å²) in [7, 11) is 0. The van der Waals surface area contributed by atoms with Crippen LogP contribution in [0.3, 0.4) is 0 Å². The first-order chi connectivity index (χ1) is 13.6. The van der Waals surface area contributed by atoms with Crippen molar-refractivity contribution in [3.8, 4) is 11.5 Å². The van der Waals surface area contributed by atoms with E-state index in [1.54, 1.807) is 22.7 Å². The Morgan fingerprint density at radius 3 is 2.89 bits per heavy atom. The molecule has 0 saturated carbocycles. The first kappa shape index (κ1) is 17.7. The van der Waals surface area contributed by atoms with E-state index in [1.165, 1.54) is 0 Å². The van der Waals surface area contributed by atoms with Crippen molar-refractivity contribution in [2.24, 2.45) is 0 Å². The Hall–Kier alpha value is -3.69. The van der Waals surface area contributed by atoms with Crippen molar-refractivity contribution in [2.45, 2.75) is 19.9 Å². The van der Waals surface area contributed by atoms with E-state index in [1.807, 2.05) is 6.92 Å². The predicted molar refractivity (Wildman–Crippen MR) is 93.2 cm³/mol. The molecule has 28 heavy (non-hydrogen) atoms. The van der Waals surface area contributed by atoms with Crippen molar-refractivity contribution in [1.29, 1.82) is 0 Å². The Bertz CT molecular complexity index is 1170. The lowest BCUT2D eigenvalue weighted by Gasteiger charge is -2.06. The molecule has 1 aromatic carbocycles. The van der Waals surface area contributed by atoms with Crippen LogP contribution < -0.4 is 5.32 Å². The third-order valence-corrected chi connectivity index (χ3v) is 4.10. The summed E-state index contributed by atoms with van der Waals surface area (Å²) in [6.07, 6.45) is 2.34. The fourth-order valence-corrected chi connectivity index (χ4v) is 2.68. The van der Waals surface area contributed by atoms with Crippen molar-refractivity contribution < 1.29 is 18.1 Å². The van der Waals surface area contributed by atoms with Gasteiger partial charge in [0.2, 0.25) is 0 Å². The smallest absolute Gasteiger partial charge is 0.261 e. The van der Waals surface area contributed by atoms with Gasteiger partial charge in [0.25, 0.3) is 11.8 Å². The lowest BCUT2D eigenvalue weighted by molar-refractivity contribution is 0.0945. The number of pyridine rings is 1. The number of aryl methyl sites for hydroxylation is 1. The van der Waals surface area contributed by atoms with Crippen LogP contribution in [0, 0.1) is 11.6 Å². The lowest BCUT2D eigenvalue weighted by atomic mass is 10.2. The summed E-state index contributed by atoms with van der Waals surface area (Å²) in [5.41, 5.74) is 0.679. The van der Waals surface area contributed by atoms with Crippen molar-refractivity contribution in [1.82, 2.24) is 30.1 Å². The number of rotatable bonds is 5. The summed E-state index contributed by atoms with van der Waals surface area (Å²) in [5.74, 6) is -0.981. The molecule has 0 aliphatic rings. The zero-order chi connectivity index (χ0) is 19.7. The molecular weight excluding hydrogens is 370 g/mol. The fourth-order valence-electron chi connectivity index (χ4n) is 2.68. The van der Waals surface area contributed by atoms with Gasteiger partial charge in [-0.05, 0) is 30.3 Å². The van der Waals surface area contributed by atoms with Gasteiger partial charge in [0.05, 0.1) is 17.7 Å². The maximum Gasteiger partial charge on any atom is 0.261 e. The summed E-state index contributed by atoms with van der Waals surface area (Å²) in [5, 5.41) is 14.5. The molecule has 0 saturated heterocycles. The molecule has 142 valence electrons. The zero-order valence-electron chi connectivity index (χ0n) is 14.7. The van der Waals surface area contributed by atoms with Crippen LogP contribution in [-0.2, 0) is 13.0 Å².